The summed E-state index contributed by atoms with van der Waals surface area (Å²) in [6.45, 7) is 9.22. The minimum Gasteiger partial charge on any atom is -0.310 e. The molecule has 0 bridgehead atoms. The molecule has 0 radical (unpaired) electrons. The normalized spacial score (nSPS) is 12.0. The monoisotopic (exact) mass is 297 g/mol. The molecule has 4 heteroatoms. The van der Waals surface area contributed by atoms with E-state index < -0.39 is 11.6 Å². The second-order valence-electron chi connectivity index (χ2n) is 5.90. The number of nitrogens with one attached hydrogen (secondary N) is 1. The summed E-state index contributed by atoms with van der Waals surface area (Å²) < 4.78 is 27.7. The third kappa shape index (κ3) is 3.36. The highest BCUT2D eigenvalue weighted by molar-refractivity contribution is 7.19. The summed E-state index contributed by atoms with van der Waals surface area (Å²) in [5.74, 6) is -1.04. The van der Waals surface area contributed by atoms with Gasteiger partial charge >= 0.3 is 0 Å². The van der Waals surface area contributed by atoms with Crippen LogP contribution in [0.1, 0.15) is 38.1 Å². The molecule has 2 rings (SSSR count). The number of hydrogen-bond acceptors (Lipinski definition) is 2. The first-order valence-corrected chi connectivity index (χ1v) is 7.82. The largest absolute Gasteiger partial charge is 0.310 e. The van der Waals surface area contributed by atoms with Crippen LogP contribution in [0.2, 0.25) is 0 Å². The van der Waals surface area contributed by atoms with Crippen molar-refractivity contribution in [1.82, 2.24) is 5.32 Å². The first-order chi connectivity index (χ1) is 9.38. The SMILES string of the molecule is CC(C)Cc1c(CNC(C)C)sc2cc(F)c(F)cc12. The Balaban J connectivity index is 2.48. The van der Waals surface area contributed by atoms with Crippen LogP contribution in [0.4, 0.5) is 8.78 Å². The lowest BCUT2D eigenvalue weighted by atomic mass is 9.99. The van der Waals surface area contributed by atoms with E-state index in [2.05, 4.69) is 33.0 Å². The molecule has 20 heavy (non-hydrogen) atoms. The Hall–Kier alpha value is -1.00. The third-order valence-corrected chi connectivity index (χ3v) is 4.40. The molecular formula is C16H21F2NS. The van der Waals surface area contributed by atoms with E-state index in [1.807, 2.05) is 0 Å². The van der Waals surface area contributed by atoms with Gasteiger partial charge in [-0.3, -0.25) is 0 Å². The van der Waals surface area contributed by atoms with Crippen molar-refractivity contribution in [1.29, 1.82) is 0 Å². The summed E-state index contributed by atoms with van der Waals surface area (Å²) in [4.78, 5) is 1.19. The number of benzene rings is 1. The van der Waals surface area contributed by atoms with Crippen LogP contribution < -0.4 is 5.32 Å². The van der Waals surface area contributed by atoms with Gasteiger partial charge in [0.25, 0.3) is 0 Å². The van der Waals surface area contributed by atoms with Crippen LogP contribution in [0.5, 0.6) is 0 Å². The summed E-state index contributed by atoms with van der Waals surface area (Å²) in [7, 11) is 0. The zero-order valence-electron chi connectivity index (χ0n) is 12.4. The quantitative estimate of drug-likeness (QED) is 0.829. The van der Waals surface area contributed by atoms with E-state index in [0.29, 0.717) is 12.0 Å². The summed E-state index contributed by atoms with van der Waals surface area (Å²) in [5.41, 5.74) is 1.16. The smallest absolute Gasteiger partial charge is 0.160 e. The molecule has 1 aromatic heterocycles. The molecule has 110 valence electrons. The highest BCUT2D eigenvalue weighted by Crippen LogP contribution is 2.34. The fourth-order valence-electron chi connectivity index (χ4n) is 2.27. The van der Waals surface area contributed by atoms with Crippen molar-refractivity contribution in [3.05, 3.63) is 34.2 Å². The molecule has 0 aliphatic carbocycles. The second-order valence-corrected chi connectivity index (χ2v) is 7.04. The van der Waals surface area contributed by atoms with Crippen LogP contribution in [0.3, 0.4) is 0 Å². The predicted octanol–water partition coefficient (Wildman–Crippen LogP) is 4.88. The highest BCUT2D eigenvalue weighted by atomic mass is 32.1. The van der Waals surface area contributed by atoms with Crippen molar-refractivity contribution < 1.29 is 8.78 Å². The molecule has 0 fully saturated rings. The lowest BCUT2D eigenvalue weighted by Gasteiger charge is -2.10. The van der Waals surface area contributed by atoms with Crippen LogP contribution >= 0.6 is 11.3 Å². The Morgan fingerprint density at radius 3 is 2.35 bits per heavy atom. The second kappa shape index (κ2) is 6.19. The van der Waals surface area contributed by atoms with Crippen LogP contribution in [-0.4, -0.2) is 6.04 Å². The number of hydrogen-bond donors (Lipinski definition) is 1. The number of rotatable bonds is 5. The zero-order chi connectivity index (χ0) is 14.9. The van der Waals surface area contributed by atoms with Crippen molar-refractivity contribution in [3.63, 3.8) is 0 Å². The van der Waals surface area contributed by atoms with Crippen molar-refractivity contribution in [2.75, 3.05) is 0 Å². The first kappa shape index (κ1) is 15.4. The first-order valence-electron chi connectivity index (χ1n) is 7.01. The van der Waals surface area contributed by atoms with Crippen molar-refractivity contribution in [2.24, 2.45) is 5.92 Å². The van der Waals surface area contributed by atoms with Gasteiger partial charge in [0.05, 0.1) is 0 Å². The zero-order valence-corrected chi connectivity index (χ0v) is 13.2. The van der Waals surface area contributed by atoms with Crippen LogP contribution in [-0.2, 0) is 13.0 Å². The summed E-state index contributed by atoms with van der Waals surface area (Å²) in [5, 5.41) is 4.25. The molecule has 0 aliphatic heterocycles. The van der Waals surface area contributed by atoms with Crippen molar-refractivity contribution in [2.45, 2.75) is 46.7 Å². The van der Waals surface area contributed by atoms with Crippen LogP contribution in [0, 0.1) is 17.6 Å². The van der Waals surface area contributed by atoms with E-state index in [1.165, 1.54) is 17.0 Å². The number of fused-ring (bicyclic) bond motifs is 1. The molecule has 1 N–H and O–H groups in total. The summed E-state index contributed by atoms with van der Waals surface area (Å²) in [6, 6.07) is 3.05. The molecule has 0 saturated heterocycles. The average molecular weight is 297 g/mol. The highest BCUT2D eigenvalue weighted by Gasteiger charge is 2.16. The molecule has 0 unspecified atom stereocenters. The Morgan fingerprint density at radius 2 is 1.75 bits per heavy atom. The molecule has 0 atom stereocenters. The molecule has 1 aromatic carbocycles. The van der Waals surface area contributed by atoms with Crippen LogP contribution in [0.15, 0.2) is 12.1 Å². The standard InChI is InChI=1S/C16H21F2NS/c1-9(2)5-11-12-6-13(17)14(18)7-15(12)20-16(11)8-19-10(3)4/h6-7,9-10,19H,5,8H2,1-4H3. The molecule has 2 aromatic rings. The van der Waals surface area contributed by atoms with Gasteiger partial charge in [0.15, 0.2) is 11.6 Å². The Kier molecular flexibility index (Phi) is 4.76. The van der Waals surface area contributed by atoms with Crippen molar-refractivity contribution >= 4 is 21.4 Å². The van der Waals surface area contributed by atoms with Gasteiger partial charge in [-0.15, -0.1) is 11.3 Å². The van der Waals surface area contributed by atoms with E-state index >= 15 is 0 Å². The molecule has 1 heterocycles. The Bertz CT molecular complexity index is 602. The maximum absolute atomic E-state index is 13.5. The van der Waals surface area contributed by atoms with Gasteiger partial charge in [-0.25, -0.2) is 8.78 Å². The lowest BCUT2D eigenvalue weighted by molar-refractivity contribution is 0.511. The minimum atomic E-state index is -0.766. The van der Waals surface area contributed by atoms with E-state index in [9.17, 15) is 8.78 Å². The fourth-order valence-corrected chi connectivity index (χ4v) is 3.46. The molecule has 0 amide bonds. The molecule has 0 spiro atoms. The lowest BCUT2D eigenvalue weighted by Crippen LogP contribution is -2.21. The predicted molar refractivity (Wildman–Crippen MR) is 82.3 cm³/mol. The number of thiophene rings is 1. The van der Waals surface area contributed by atoms with Gasteiger partial charge in [-0.1, -0.05) is 27.7 Å². The van der Waals surface area contributed by atoms with Gasteiger partial charge in [0, 0.05) is 22.2 Å². The van der Waals surface area contributed by atoms with Gasteiger partial charge in [-0.2, -0.15) is 0 Å². The van der Waals surface area contributed by atoms with Gasteiger partial charge in [0.1, 0.15) is 0 Å². The molecular weight excluding hydrogens is 276 g/mol. The summed E-state index contributed by atoms with van der Waals surface area (Å²) >= 11 is 1.56. The average Bonchev–Trinajstić information content (AvgIpc) is 2.65. The number of halogens is 2. The Labute approximate surface area is 123 Å². The molecule has 0 aliphatic rings. The maximum atomic E-state index is 13.5. The Morgan fingerprint density at radius 1 is 1.10 bits per heavy atom. The van der Waals surface area contributed by atoms with Crippen LogP contribution in [0.25, 0.3) is 10.1 Å². The van der Waals surface area contributed by atoms with E-state index in [1.54, 1.807) is 11.3 Å². The summed E-state index contributed by atoms with van der Waals surface area (Å²) in [6.07, 6.45) is 0.889. The fraction of sp³-hybridized carbons (Fsp3) is 0.500. The van der Waals surface area contributed by atoms with E-state index in [0.717, 1.165) is 28.6 Å². The van der Waals surface area contributed by atoms with Gasteiger partial charge < -0.3 is 5.32 Å². The third-order valence-electron chi connectivity index (χ3n) is 3.20. The minimum absolute atomic E-state index is 0.389. The topological polar surface area (TPSA) is 12.0 Å². The van der Waals surface area contributed by atoms with Crippen molar-refractivity contribution in [3.8, 4) is 0 Å². The van der Waals surface area contributed by atoms with E-state index in [4.69, 9.17) is 0 Å². The van der Waals surface area contributed by atoms with Gasteiger partial charge in [0.2, 0.25) is 0 Å². The maximum Gasteiger partial charge on any atom is 0.160 e. The molecule has 1 nitrogen and oxygen atoms in total. The van der Waals surface area contributed by atoms with E-state index in [-0.39, 0.29) is 0 Å². The molecule has 0 saturated carbocycles. The van der Waals surface area contributed by atoms with Gasteiger partial charge in [-0.05, 0) is 35.4 Å².